The second kappa shape index (κ2) is 8.32. The first-order valence-electron chi connectivity index (χ1n) is 8.44. The Labute approximate surface area is 133 Å². The van der Waals surface area contributed by atoms with Gasteiger partial charge in [-0.05, 0) is 46.2 Å². The number of nitrogens with one attached hydrogen (secondary N) is 1. The molecule has 2 amide bonds. The summed E-state index contributed by atoms with van der Waals surface area (Å²) in [6, 6.07) is 0. The van der Waals surface area contributed by atoms with Crippen LogP contribution >= 0.6 is 0 Å². The Morgan fingerprint density at radius 1 is 1.41 bits per heavy atom. The third kappa shape index (κ3) is 5.13. The number of hydrogen-bond donors (Lipinski definition) is 1. The van der Waals surface area contributed by atoms with Crippen molar-refractivity contribution in [3.63, 3.8) is 0 Å². The molecule has 5 heteroatoms. The SMILES string of the molecule is CN(C)CCN1CC(C(=O)NCCC2=CCCCC2)CC1=O. The summed E-state index contributed by atoms with van der Waals surface area (Å²) in [4.78, 5) is 28.0. The van der Waals surface area contributed by atoms with Gasteiger partial charge in [0.15, 0.2) is 0 Å². The predicted molar refractivity (Wildman–Crippen MR) is 87.4 cm³/mol. The third-order valence-corrected chi connectivity index (χ3v) is 4.53. The zero-order chi connectivity index (χ0) is 15.9. The molecule has 0 aromatic heterocycles. The summed E-state index contributed by atoms with van der Waals surface area (Å²) >= 11 is 0. The van der Waals surface area contributed by atoms with Crippen LogP contribution in [0, 0.1) is 5.92 Å². The Bertz CT molecular complexity index is 432. The quantitative estimate of drug-likeness (QED) is 0.724. The van der Waals surface area contributed by atoms with E-state index in [0.29, 0.717) is 26.1 Å². The van der Waals surface area contributed by atoms with Gasteiger partial charge in [0, 0.05) is 32.6 Å². The molecule has 0 aromatic carbocycles. The lowest BCUT2D eigenvalue weighted by Crippen LogP contribution is -2.35. The Morgan fingerprint density at radius 3 is 2.91 bits per heavy atom. The maximum absolute atomic E-state index is 12.2. The number of nitrogens with zero attached hydrogens (tertiary/aromatic N) is 2. The first kappa shape index (κ1) is 17.0. The minimum absolute atomic E-state index is 0.0390. The van der Waals surface area contributed by atoms with Crippen molar-refractivity contribution in [3.8, 4) is 0 Å². The van der Waals surface area contributed by atoms with Crippen molar-refractivity contribution in [1.29, 1.82) is 0 Å². The minimum Gasteiger partial charge on any atom is -0.355 e. The molecule has 1 saturated heterocycles. The maximum atomic E-state index is 12.2. The van der Waals surface area contributed by atoms with Crippen LogP contribution in [0.4, 0.5) is 0 Å². The van der Waals surface area contributed by atoms with E-state index in [2.05, 4.69) is 16.3 Å². The van der Waals surface area contributed by atoms with E-state index >= 15 is 0 Å². The molecule has 0 aromatic rings. The van der Waals surface area contributed by atoms with Crippen LogP contribution in [-0.4, -0.2) is 61.9 Å². The third-order valence-electron chi connectivity index (χ3n) is 4.53. The van der Waals surface area contributed by atoms with Crippen LogP contribution in [0.5, 0.6) is 0 Å². The highest BCUT2D eigenvalue weighted by atomic mass is 16.2. The summed E-state index contributed by atoms with van der Waals surface area (Å²) in [5.74, 6) is -0.0240. The molecule has 1 aliphatic heterocycles. The van der Waals surface area contributed by atoms with E-state index in [1.807, 2.05) is 19.0 Å². The fourth-order valence-corrected chi connectivity index (χ4v) is 3.11. The molecule has 1 heterocycles. The van der Waals surface area contributed by atoms with E-state index in [9.17, 15) is 9.59 Å². The molecule has 5 nitrogen and oxygen atoms in total. The zero-order valence-corrected chi connectivity index (χ0v) is 13.9. The van der Waals surface area contributed by atoms with Gasteiger partial charge in [0.1, 0.15) is 0 Å². The van der Waals surface area contributed by atoms with Gasteiger partial charge in [0.2, 0.25) is 11.8 Å². The van der Waals surface area contributed by atoms with Gasteiger partial charge < -0.3 is 15.1 Å². The molecule has 2 aliphatic rings. The molecular weight excluding hydrogens is 278 g/mol. The lowest BCUT2D eigenvalue weighted by Gasteiger charge is -2.19. The first-order valence-corrected chi connectivity index (χ1v) is 8.44. The number of rotatable bonds is 7. The zero-order valence-electron chi connectivity index (χ0n) is 13.9. The number of carbonyl (C=O) groups excluding carboxylic acids is 2. The Balaban J connectivity index is 1.69. The summed E-state index contributed by atoms with van der Waals surface area (Å²) in [6.07, 6.45) is 8.56. The van der Waals surface area contributed by atoms with Crippen molar-refractivity contribution in [3.05, 3.63) is 11.6 Å². The summed E-state index contributed by atoms with van der Waals surface area (Å²) in [5.41, 5.74) is 1.47. The average Bonchev–Trinajstić information content (AvgIpc) is 2.87. The number of likely N-dealkylation sites (N-methyl/N-ethyl adjacent to an activating group) is 1. The maximum Gasteiger partial charge on any atom is 0.225 e. The number of carbonyl (C=O) groups is 2. The molecule has 0 radical (unpaired) electrons. The molecule has 0 spiro atoms. The Hall–Kier alpha value is -1.36. The normalized spacial score (nSPS) is 22.1. The van der Waals surface area contributed by atoms with Gasteiger partial charge in [-0.15, -0.1) is 0 Å². The second-order valence-electron chi connectivity index (χ2n) is 6.69. The highest BCUT2D eigenvalue weighted by Gasteiger charge is 2.33. The molecule has 1 unspecified atom stereocenters. The van der Waals surface area contributed by atoms with Crippen LogP contribution in [0.1, 0.15) is 38.5 Å². The molecule has 124 valence electrons. The predicted octanol–water partition coefficient (Wildman–Crippen LogP) is 1.40. The van der Waals surface area contributed by atoms with Crippen LogP contribution < -0.4 is 5.32 Å². The fraction of sp³-hybridized carbons (Fsp3) is 0.765. The van der Waals surface area contributed by atoms with E-state index in [0.717, 1.165) is 13.0 Å². The standard InChI is InChI=1S/C17H29N3O2/c1-19(2)10-11-20-13-15(12-16(20)21)17(22)18-9-8-14-6-4-3-5-7-14/h6,15H,3-5,7-13H2,1-2H3,(H,18,22). The van der Waals surface area contributed by atoms with E-state index in [1.165, 1.54) is 31.3 Å². The summed E-state index contributed by atoms with van der Waals surface area (Å²) in [7, 11) is 3.98. The highest BCUT2D eigenvalue weighted by Crippen LogP contribution is 2.20. The van der Waals surface area contributed by atoms with E-state index in [-0.39, 0.29) is 17.7 Å². The molecule has 2 rings (SSSR count). The smallest absolute Gasteiger partial charge is 0.225 e. The van der Waals surface area contributed by atoms with Gasteiger partial charge in [-0.2, -0.15) is 0 Å². The monoisotopic (exact) mass is 307 g/mol. The van der Waals surface area contributed by atoms with E-state index in [1.54, 1.807) is 0 Å². The molecule has 1 N–H and O–H groups in total. The van der Waals surface area contributed by atoms with Crippen LogP contribution in [-0.2, 0) is 9.59 Å². The van der Waals surface area contributed by atoms with Crippen molar-refractivity contribution >= 4 is 11.8 Å². The van der Waals surface area contributed by atoms with Crippen LogP contribution in [0.2, 0.25) is 0 Å². The van der Waals surface area contributed by atoms with Crippen LogP contribution in [0.3, 0.4) is 0 Å². The molecule has 1 fully saturated rings. The second-order valence-corrected chi connectivity index (χ2v) is 6.69. The average molecular weight is 307 g/mol. The van der Waals surface area contributed by atoms with Crippen molar-refractivity contribution in [1.82, 2.24) is 15.1 Å². The molecule has 1 atom stereocenters. The molecule has 0 bridgehead atoms. The van der Waals surface area contributed by atoms with Gasteiger partial charge in [-0.25, -0.2) is 0 Å². The number of likely N-dealkylation sites (tertiary alicyclic amines) is 1. The van der Waals surface area contributed by atoms with E-state index < -0.39 is 0 Å². The van der Waals surface area contributed by atoms with Gasteiger partial charge in [0.05, 0.1) is 5.92 Å². The largest absolute Gasteiger partial charge is 0.355 e. The lowest BCUT2D eigenvalue weighted by molar-refractivity contribution is -0.129. The van der Waals surface area contributed by atoms with Gasteiger partial charge in [0.25, 0.3) is 0 Å². The van der Waals surface area contributed by atoms with Crippen LogP contribution in [0.15, 0.2) is 11.6 Å². The number of allylic oxidation sites excluding steroid dienone is 1. The Morgan fingerprint density at radius 2 is 2.23 bits per heavy atom. The van der Waals surface area contributed by atoms with Gasteiger partial charge >= 0.3 is 0 Å². The van der Waals surface area contributed by atoms with Gasteiger partial charge in [-0.3, -0.25) is 9.59 Å². The lowest BCUT2D eigenvalue weighted by atomic mass is 9.97. The molecule has 1 aliphatic carbocycles. The first-order chi connectivity index (χ1) is 10.6. The highest BCUT2D eigenvalue weighted by molar-refractivity contribution is 5.89. The molecular formula is C17H29N3O2. The summed E-state index contributed by atoms with van der Waals surface area (Å²) in [6.45, 7) is 2.82. The van der Waals surface area contributed by atoms with Crippen molar-refractivity contribution in [2.75, 3.05) is 40.3 Å². The van der Waals surface area contributed by atoms with Crippen molar-refractivity contribution in [2.24, 2.45) is 5.92 Å². The van der Waals surface area contributed by atoms with Crippen molar-refractivity contribution in [2.45, 2.75) is 38.5 Å². The van der Waals surface area contributed by atoms with Crippen molar-refractivity contribution < 1.29 is 9.59 Å². The minimum atomic E-state index is -0.171. The summed E-state index contributed by atoms with van der Waals surface area (Å²) < 4.78 is 0. The fourth-order valence-electron chi connectivity index (χ4n) is 3.11. The van der Waals surface area contributed by atoms with E-state index in [4.69, 9.17) is 0 Å². The van der Waals surface area contributed by atoms with Crippen LogP contribution in [0.25, 0.3) is 0 Å². The van der Waals surface area contributed by atoms with Gasteiger partial charge in [-0.1, -0.05) is 11.6 Å². The number of hydrogen-bond acceptors (Lipinski definition) is 3. The molecule has 22 heavy (non-hydrogen) atoms. The number of amides is 2. The molecule has 0 saturated carbocycles. The topological polar surface area (TPSA) is 52.6 Å². The Kier molecular flexibility index (Phi) is 6.43. The summed E-state index contributed by atoms with van der Waals surface area (Å²) in [5, 5.41) is 3.01.